The Kier molecular flexibility index (Phi) is 13.3. The first-order chi connectivity index (χ1) is 34.5. The van der Waals surface area contributed by atoms with E-state index in [9.17, 15) is 0 Å². The highest BCUT2D eigenvalue weighted by Crippen LogP contribution is 2.56. The van der Waals surface area contributed by atoms with Gasteiger partial charge in [0.25, 0.3) is 0 Å². The first kappa shape index (κ1) is 50.3. The standard InChI is InChI=1S/C62H62Br2Cl4N4/c1-59(53(71(5)51-35-43(65)33-47(67)57(51)59)15-13-17-55-61(27-9-7-10-28-61)45-31-41(63)23-25-49(45)69(55)3)37-39-19-21-40(22-20-39)38-60(2)54(72(6)52-36-44(66)34-48(68)58(52)60)16-14-18-56-62(29-11-8-12-30-62)46-32-42(64)24-26-50(46)70(56)4/h13-26,31-36H,7-12,27-30,37-38H2,1-6H3/q+2. The summed E-state index contributed by atoms with van der Waals surface area (Å²) in [6, 6.07) is 30.7. The molecule has 72 heavy (non-hydrogen) atoms. The lowest BCUT2D eigenvalue weighted by Crippen LogP contribution is -2.36. The van der Waals surface area contributed by atoms with Crippen LogP contribution in [0.3, 0.4) is 0 Å². The van der Waals surface area contributed by atoms with Gasteiger partial charge in [0.15, 0.2) is 11.4 Å². The molecule has 2 aliphatic carbocycles. The minimum absolute atomic E-state index is 0.0149. The summed E-state index contributed by atoms with van der Waals surface area (Å²) in [5.74, 6) is 0. The molecule has 5 aromatic carbocycles. The molecule has 2 fully saturated rings. The van der Waals surface area contributed by atoms with Crippen LogP contribution >= 0.6 is 78.3 Å². The Bertz CT molecular complexity index is 3040. The molecule has 0 saturated heterocycles. The molecular weight excluding hydrogens is 1100 g/mol. The first-order valence-electron chi connectivity index (χ1n) is 25.6. The summed E-state index contributed by atoms with van der Waals surface area (Å²) < 4.78 is 7.13. The van der Waals surface area contributed by atoms with Crippen LogP contribution in [0.5, 0.6) is 0 Å². The van der Waals surface area contributed by atoms with Gasteiger partial charge in [0.1, 0.15) is 14.1 Å². The van der Waals surface area contributed by atoms with Gasteiger partial charge >= 0.3 is 0 Å². The summed E-state index contributed by atoms with van der Waals surface area (Å²) in [5, 5.41) is 2.65. The van der Waals surface area contributed by atoms with Crippen molar-refractivity contribution in [2.45, 2.75) is 113 Å². The van der Waals surface area contributed by atoms with Crippen molar-refractivity contribution < 1.29 is 9.15 Å². The molecular formula is C62H62Br2Cl4N4+2. The Hall–Kier alpha value is -3.88. The maximum absolute atomic E-state index is 7.23. The van der Waals surface area contributed by atoms with E-state index in [4.69, 9.17) is 46.4 Å². The van der Waals surface area contributed by atoms with Gasteiger partial charge in [-0.05, 0) is 124 Å². The van der Waals surface area contributed by atoms with Gasteiger partial charge in [-0.2, -0.15) is 9.15 Å². The smallest absolute Gasteiger partial charge is 0.209 e. The molecule has 0 bridgehead atoms. The van der Waals surface area contributed by atoms with Gasteiger partial charge in [-0.3, -0.25) is 0 Å². The number of anilines is 2. The first-order valence-corrected chi connectivity index (χ1v) is 28.7. The molecule has 0 aromatic heterocycles. The van der Waals surface area contributed by atoms with Crippen molar-refractivity contribution in [3.8, 4) is 0 Å². The lowest BCUT2D eigenvalue weighted by Gasteiger charge is -2.32. The number of rotatable bonds is 8. The Morgan fingerprint density at radius 2 is 0.903 bits per heavy atom. The van der Waals surface area contributed by atoms with Crippen molar-refractivity contribution >= 4 is 112 Å². The van der Waals surface area contributed by atoms with E-state index in [1.54, 1.807) is 0 Å². The van der Waals surface area contributed by atoms with Crippen molar-refractivity contribution in [1.82, 2.24) is 0 Å². The van der Waals surface area contributed by atoms with Gasteiger partial charge in [0.2, 0.25) is 11.4 Å². The van der Waals surface area contributed by atoms with E-state index < -0.39 is 10.8 Å². The minimum atomic E-state index is -0.437. The van der Waals surface area contributed by atoms with E-state index in [1.165, 1.54) is 95.0 Å². The van der Waals surface area contributed by atoms with Crippen LogP contribution in [0, 0.1) is 0 Å². The largest absolute Gasteiger partial charge is 0.347 e. The van der Waals surface area contributed by atoms with Crippen LogP contribution in [0.1, 0.15) is 111 Å². The quantitative estimate of drug-likeness (QED) is 0.144. The number of hydrogen-bond donors (Lipinski definition) is 0. The van der Waals surface area contributed by atoms with Crippen molar-refractivity contribution in [3.63, 3.8) is 0 Å². The lowest BCUT2D eigenvalue weighted by atomic mass is 9.67. The molecule has 370 valence electrons. The molecule has 6 aliphatic rings. The Balaban J connectivity index is 0.916. The second kappa shape index (κ2) is 19.0. The summed E-state index contributed by atoms with van der Waals surface area (Å²) >= 11 is 35.5. The average molecular weight is 1160 g/mol. The van der Waals surface area contributed by atoms with Gasteiger partial charge in [-0.1, -0.05) is 153 Å². The SMILES string of the molecule is CN1C(=CC=CC2=[N+](C)c3ccc(Br)cc3C23CCCCC3)C(C)(Cc2ccc(CC3(C)C(=CC=CC4=[N+](C)c5ccc(Br)cc5C45CCCCC5)N(C)c4cc(Cl)cc(Cl)c43)cc2)c2c(Cl)cc(Cl)cc21. The zero-order valence-corrected chi connectivity index (χ0v) is 48.3. The maximum Gasteiger partial charge on any atom is 0.209 e. The average Bonchev–Trinajstić information content (AvgIpc) is 3.87. The molecule has 4 aliphatic heterocycles. The number of allylic oxidation sites excluding steroid dienone is 8. The third-order valence-electron chi connectivity index (χ3n) is 17.7. The van der Waals surface area contributed by atoms with Crippen molar-refractivity contribution in [2.24, 2.45) is 0 Å². The molecule has 10 heteroatoms. The fraction of sp³-hybridized carbons (Fsp3) is 0.355. The van der Waals surface area contributed by atoms with Crippen molar-refractivity contribution in [3.05, 3.63) is 195 Å². The zero-order chi connectivity index (χ0) is 50.5. The number of likely N-dealkylation sites (N-methyl/N-ethyl adjacent to an activating group) is 2. The third kappa shape index (κ3) is 8.09. The van der Waals surface area contributed by atoms with E-state index in [1.807, 2.05) is 12.1 Å². The van der Waals surface area contributed by atoms with Crippen LogP contribution in [-0.4, -0.2) is 48.8 Å². The van der Waals surface area contributed by atoms with Gasteiger partial charge < -0.3 is 9.80 Å². The lowest BCUT2D eigenvalue weighted by molar-refractivity contribution is -0.402. The molecule has 4 nitrogen and oxygen atoms in total. The highest BCUT2D eigenvalue weighted by molar-refractivity contribution is 9.10. The van der Waals surface area contributed by atoms with E-state index in [2.05, 4.69) is 202 Å². The monoisotopic (exact) mass is 1160 g/mol. The van der Waals surface area contributed by atoms with E-state index >= 15 is 0 Å². The van der Waals surface area contributed by atoms with Gasteiger partial charge in [-0.25, -0.2) is 0 Å². The Morgan fingerprint density at radius 1 is 0.528 bits per heavy atom. The van der Waals surface area contributed by atoms with Crippen LogP contribution in [0.4, 0.5) is 22.7 Å². The molecule has 2 atom stereocenters. The summed E-state index contributed by atoms with van der Waals surface area (Å²) in [4.78, 5) is 4.58. The molecule has 0 N–H and O–H groups in total. The topological polar surface area (TPSA) is 12.5 Å². The molecule has 2 unspecified atom stereocenters. The van der Waals surface area contributed by atoms with Crippen LogP contribution in [0.15, 0.2) is 142 Å². The summed E-state index contributed by atoms with van der Waals surface area (Å²) in [7, 11) is 8.77. The van der Waals surface area contributed by atoms with Crippen LogP contribution in [-0.2, 0) is 34.5 Å². The normalized spacial score (nSPS) is 24.1. The van der Waals surface area contributed by atoms with Gasteiger partial charge in [0.05, 0.1) is 10.8 Å². The van der Waals surface area contributed by atoms with E-state index in [-0.39, 0.29) is 10.8 Å². The van der Waals surface area contributed by atoms with Crippen molar-refractivity contribution in [1.29, 1.82) is 0 Å². The number of hydrogen-bond acceptors (Lipinski definition) is 2. The highest BCUT2D eigenvalue weighted by atomic mass is 79.9. The maximum atomic E-state index is 7.23. The number of benzene rings is 5. The minimum Gasteiger partial charge on any atom is -0.347 e. The second-order valence-corrected chi connectivity index (χ2v) is 25.4. The van der Waals surface area contributed by atoms with E-state index in [0.29, 0.717) is 20.1 Å². The number of nitrogens with zero attached hydrogens (tertiary/aromatic N) is 4. The molecule has 4 heterocycles. The molecule has 0 radical (unpaired) electrons. The fourth-order valence-corrected chi connectivity index (χ4v) is 16.6. The Labute approximate surface area is 463 Å². The summed E-state index contributed by atoms with van der Waals surface area (Å²) in [6.07, 6.45) is 27.6. The molecule has 2 saturated carbocycles. The predicted octanol–water partition coefficient (Wildman–Crippen LogP) is 17.9. The highest BCUT2D eigenvalue weighted by Gasteiger charge is 2.52. The third-order valence-corrected chi connectivity index (χ3v) is 19.7. The van der Waals surface area contributed by atoms with Crippen LogP contribution in [0.2, 0.25) is 20.1 Å². The Morgan fingerprint density at radius 3 is 1.28 bits per heavy atom. The van der Waals surface area contributed by atoms with Crippen LogP contribution < -0.4 is 9.80 Å². The van der Waals surface area contributed by atoms with E-state index in [0.717, 1.165) is 70.0 Å². The van der Waals surface area contributed by atoms with Crippen LogP contribution in [0.25, 0.3) is 0 Å². The number of halogens is 6. The summed E-state index contributed by atoms with van der Waals surface area (Å²) in [6.45, 7) is 4.68. The molecule has 5 aromatic rings. The zero-order valence-electron chi connectivity index (χ0n) is 42.1. The fourth-order valence-electron chi connectivity index (χ4n) is 14.4. The molecule has 0 amide bonds. The van der Waals surface area contributed by atoms with Crippen molar-refractivity contribution in [2.75, 3.05) is 38.0 Å². The molecule has 2 spiro atoms. The second-order valence-electron chi connectivity index (χ2n) is 21.8. The summed E-state index contributed by atoms with van der Waals surface area (Å²) in [5.41, 5.74) is 16.5. The predicted molar refractivity (Wildman–Crippen MR) is 312 cm³/mol. The van der Waals surface area contributed by atoms with Gasteiger partial charge in [0, 0.05) is 123 Å². The molecule has 11 rings (SSSR count). The van der Waals surface area contributed by atoms with Gasteiger partial charge in [-0.15, -0.1) is 0 Å². The number of fused-ring (bicyclic) bond motifs is 6.